The highest BCUT2D eigenvalue weighted by Crippen LogP contribution is 2.38. The van der Waals surface area contributed by atoms with Crippen LogP contribution in [0.15, 0.2) is 63.4 Å². The molecule has 0 spiro atoms. The molecule has 0 aliphatic rings. The van der Waals surface area contributed by atoms with E-state index in [1.165, 1.54) is 49.5 Å². The van der Waals surface area contributed by atoms with Crippen LogP contribution in [0.5, 0.6) is 0 Å². The average molecular weight is 611 g/mol. The van der Waals surface area contributed by atoms with E-state index in [4.69, 9.17) is 8.83 Å². The summed E-state index contributed by atoms with van der Waals surface area (Å²) in [6, 6.07) is 12.8. The number of aryl methyl sites for hydroxylation is 1. The van der Waals surface area contributed by atoms with E-state index in [1.807, 2.05) is 0 Å². The van der Waals surface area contributed by atoms with Crippen LogP contribution in [0.25, 0.3) is 33.6 Å². The fraction of sp³-hybridized carbons (Fsp3) is 0.233. The molecule has 3 heterocycles. The monoisotopic (exact) mass is 610 g/mol. The molecule has 5 rings (SSSR count). The molecule has 3 aromatic heterocycles. The molecule has 5 aromatic rings. The summed E-state index contributed by atoms with van der Waals surface area (Å²) in [4.78, 5) is 30.6. The average Bonchev–Trinajstić information content (AvgIpc) is 3.59. The number of aromatic nitrogens is 3. The molecular weight excluding hydrogens is 584 g/mol. The molecule has 2 aromatic carbocycles. The van der Waals surface area contributed by atoms with E-state index in [0.717, 1.165) is 0 Å². The molecule has 44 heavy (non-hydrogen) atoms. The van der Waals surface area contributed by atoms with Crippen LogP contribution in [-0.4, -0.2) is 46.8 Å². The third-order valence-corrected chi connectivity index (χ3v) is 6.62. The van der Waals surface area contributed by atoms with Crippen molar-refractivity contribution in [1.29, 1.82) is 0 Å². The van der Waals surface area contributed by atoms with E-state index in [9.17, 15) is 27.2 Å². The molecular formula is C30H26F4N6O4. The Kier molecular flexibility index (Phi) is 7.84. The van der Waals surface area contributed by atoms with Gasteiger partial charge in [0.25, 0.3) is 11.8 Å². The summed E-state index contributed by atoms with van der Waals surface area (Å²) in [5.41, 5.74) is -0.0797. The molecule has 0 fully saturated rings. The number of carbonyl (C=O) groups excluding carboxylic acids is 2. The van der Waals surface area contributed by atoms with Crippen LogP contribution >= 0.6 is 0 Å². The predicted molar refractivity (Wildman–Crippen MR) is 152 cm³/mol. The first kappa shape index (κ1) is 30.2. The molecule has 2 amide bonds. The molecule has 0 saturated carbocycles. The van der Waals surface area contributed by atoms with Crippen molar-refractivity contribution < 1.29 is 36.0 Å². The summed E-state index contributed by atoms with van der Waals surface area (Å²) in [5, 5.41) is 15.6. The van der Waals surface area contributed by atoms with Gasteiger partial charge in [0.2, 0.25) is 17.5 Å². The number of hydrogen-bond donors (Lipinski definition) is 3. The first-order valence-corrected chi connectivity index (χ1v) is 13.3. The summed E-state index contributed by atoms with van der Waals surface area (Å²) in [6.45, 7) is 3.56. The number of hydrogen-bond acceptors (Lipinski definition) is 8. The van der Waals surface area contributed by atoms with E-state index >= 15 is 0 Å². The molecule has 3 N–H and O–H groups in total. The second-order valence-electron chi connectivity index (χ2n) is 10.4. The molecule has 0 saturated heterocycles. The number of furan rings is 1. The van der Waals surface area contributed by atoms with Gasteiger partial charge in [-0.05, 0) is 61.9 Å². The van der Waals surface area contributed by atoms with Gasteiger partial charge in [-0.1, -0.05) is 12.1 Å². The fourth-order valence-corrected chi connectivity index (χ4v) is 4.50. The second kappa shape index (κ2) is 11.4. The van der Waals surface area contributed by atoms with E-state index in [-0.39, 0.29) is 45.3 Å². The Labute approximate surface area is 247 Å². The molecule has 10 nitrogen and oxygen atoms in total. The summed E-state index contributed by atoms with van der Waals surface area (Å²) >= 11 is 0. The molecule has 0 bridgehead atoms. The van der Waals surface area contributed by atoms with Crippen molar-refractivity contribution in [2.24, 2.45) is 0 Å². The molecule has 0 atom stereocenters. The Morgan fingerprint density at radius 3 is 2.30 bits per heavy atom. The van der Waals surface area contributed by atoms with Crippen LogP contribution in [0.1, 0.15) is 46.3 Å². The minimum Gasteiger partial charge on any atom is -0.437 e. The van der Waals surface area contributed by atoms with Gasteiger partial charge in [-0.15, -0.1) is 10.2 Å². The SMILES string of the molecule is CNC(=O)c1c(-c2ccc(F)cc2)oc2nc(NCC(F)(F)F)c(-c3cccc(C(=O)NC(C)(C)c4nnc(C)o4)c3)cc12. The number of amides is 2. The van der Waals surface area contributed by atoms with Crippen LogP contribution in [0.3, 0.4) is 0 Å². The van der Waals surface area contributed by atoms with Gasteiger partial charge >= 0.3 is 6.18 Å². The van der Waals surface area contributed by atoms with E-state index in [2.05, 4.69) is 31.1 Å². The topological polar surface area (TPSA) is 135 Å². The highest BCUT2D eigenvalue weighted by atomic mass is 19.4. The highest BCUT2D eigenvalue weighted by molar-refractivity contribution is 6.11. The molecule has 228 valence electrons. The van der Waals surface area contributed by atoms with E-state index in [0.29, 0.717) is 17.0 Å². The third-order valence-electron chi connectivity index (χ3n) is 6.62. The van der Waals surface area contributed by atoms with Gasteiger partial charge < -0.3 is 24.8 Å². The Bertz CT molecular complexity index is 1860. The fourth-order valence-electron chi connectivity index (χ4n) is 4.50. The Balaban J connectivity index is 1.62. The van der Waals surface area contributed by atoms with Crippen molar-refractivity contribution >= 4 is 28.7 Å². The van der Waals surface area contributed by atoms with Gasteiger partial charge in [-0.25, -0.2) is 4.39 Å². The Hall–Kier alpha value is -5.27. The lowest BCUT2D eigenvalue weighted by atomic mass is 9.99. The van der Waals surface area contributed by atoms with E-state index in [1.54, 1.807) is 32.9 Å². The number of nitrogens with one attached hydrogen (secondary N) is 3. The van der Waals surface area contributed by atoms with Crippen LogP contribution in [0.2, 0.25) is 0 Å². The minimum absolute atomic E-state index is 0.0516. The lowest BCUT2D eigenvalue weighted by Gasteiger charge is -2.22. The summed E-state index contributed by atoms with van der Waals surface area (Å²) < 4.78 is 64.7. The number of alkyl halides is 3. The predicted octanol–water partition coefficient (Wildman–Crippen LogP) is 5.99. The standard InChI is InChI=1S/C30H26F4N6O4/c1-15-39-40-28(43-15)29(2,3)38-25(41)18-7-5-6-17(12-18)20-13-21-22(26(42)35-4)23(16-8-10-19(31)11-9-16)44-27(21)37-24(20)36-14-30(32,33)34/h5-13H,14H2,1-4H3,(H,35,42)(H,36,37)(H,38,41). The zero-order valence-electron chi connectivity index (χ0n) is 23.9. The minimum atomic E-state index is -4.58. The van der Waals surface area contributed by atoms with Gasteiger partial charge in [-0.2, -0.15) is 18.2 Å². The van der Waals surface area contributed by atoms with Crippen molar-refractivity contribution in [3.8, 4) is 22.5 Å². The highest BCUT2D eigenvalue weighted by Gasteiger charge is 2.31. The van der Waals surface area contributed by atoms with Crippen molar-refractivity contribution in [3.63, 3.8) is 0 Å². The molecule has 0 aliphatic heterocycles. The Morgan fingerprint density at radius 1 is 0.932 bits per heavy atom. The number of nitrogens with zero attached hydrogens (tertiary/aromatic N) is 3. The lowest BCUT2D eigenvalue weighted by Crippen LogP contribution is -2.41. The van der Waals surface area contributed by atoms with Gasteiger partial charge in [0, 0.05) is 30.7 Å². The second-order valence-corrected chi connectivity index (χ2v) is 10.4. The van der Waals surface area contributed by atoms with Crippen LogP contribution < -0.4 is 16.0 Å². The number of pyridine rings is 1. The number of halogens is 4. The zero-order chi connectivity index (χ0) is 31.8. The number of rotatable bonds is 8. The quantitative estimate of drug-likeness (QED) is 0.182. The zero-order valence-corrected chi connectivity index (χ0v) is 23.9. The van der Waals surface area contributed by atoms with Gasteiger partial charge in [0.05, 0.1) is 10.9 Å². The number of anilines is 1. The first-order valence-electron chi connectivity index (χ1n) is 13.3. The third kappa shape index (κ3) is 6.23. The maximum absolute atomic E-state index is 13.6. The number of fused-ring (bicyclic) bond motifs is 1. The van der Waals surface area contributed by atoms with Gasteiger partial charge in [-0.3, -0.25) is 9.59 Å². The smallest absolute Gasteiger partial charge is 0.405 e. The van der Waals surface area contributed by atoms with Crippen molar-refractivity contribution in [2.45, 2.75) is 32.5 Å². The molecule has 0 unspecified atom stereocenters. The van der Waals surface area contributed by atoms with Crippen LogP contribution in [0, 0.1) is 12.7 Å². The van der Waals surface area contributed by atoms with Gasteiger partial charge in [0.1, 0.15) is 29.5 Å². The van der Waals surface area contributed by atoms with Crippen molar-refractivity contribution in [3.05, 3.63) is 83.3 Å². The summed E-state index contributed by atoms with van der Waals surface area (Å²) in [7, 11) is 1.41. The molecule has 0 aliphatic carbocycles. The lowest BCUT2D eigenvalue weighted by molar-refractivity contribution is -0.115. The van der Waals surface area contributed by atoms with Crippen molar-refractivity contribution in [1.82, 2.24) is 25.8 Å². The maximum Gasteiger partial charge on any atom is 0.405 e. The van der Waals surface area contributed by atoms with Crippen molar-refractivity contribution in [2.75, 3.05) is 18.9 Å². The van der Waals surface area contributed by atoms with Gasteiger partial charge in [0.15, 0.2) is 0 Å². The van der Waals surface area contributed by atoms with Crippen LogP contribution in [-0.2, 0) is 5.54 Å². The first-order chi connectivity index (χ1) is 20.8. The van der Waals surface area contributed by atoms with Crippen LogP contribution in [0.4, 0.5) is 23.4 Å². The number of carbonyl (C=O) groups is 2. The number of benzene rings is 2. The Morgan fingerprint density at radius 2 is 1.66 bits per heavy atom. The largest absolute Gasteiger partial charge is 0.437 e. The molecule has 14 heteroatoms. The molecule has 0 radical (unpaired) electrons. The normalized spacial score (nSPS) is 11.9. The summed E-state index contributed by atoms with van der Waals surface area (Å²) in [5.74, 6) is -1.22. The summed E-state index contributed by atoms with van der Waals surface area (Å²) in [6.07, 6.45) is -4.58. The maximum atomic E-state index is 13.6. The van der Waals surface area contributed by atoms with E-state index < -0.39 is 35.9 Å².